The van der Waals surface area contributed by atoms with Crippen molar-refractivity contribution < 1.29 is 9.47 Å². The maximum atomic E-state index is 5.62. The van der Waals surface area contributed by atoms with Crippen molar-refractivity contribution in [2.45, 2.75) is 33.0 Å². The van der Waals surface area contributed by atoms with Crippen molar-refractivity contribution in [1.82, 2.24) is 0 Å². The molecule has 0 amide bonds. The minimum atomic E-state index is -0.440. The van der Waals surface area contributed by atoms with E-state index in [0.29, 0.717) is 6.54 Å². The van der Waals surface area contributed by atoms with E-state index in [1.165, 1.54) is 0 Å². The van der Waals surface area contributed by atoms with E-state index in [1.807, 2.05) is 6.92 Å². The van der Waals surface area contributed by atoms with Gasteiger partial charge in [0, 0.05) is 11.8 Å². The van der Waals surface area contributed by atoms with Gasteiger partial charge < -0.3 is 15.2 Å². The maximum absolute atomic E-state index is 5.62. The number of rotatable bonds is 2. The van der Waals surface area contributed by atoms with Crippen LogP contribution >= 0.6 is 0 Å². The fourth-order valence-electron chi connectivity index (χ4n) is 1.19. The Balaban J connectivity index is 2.44. The minimum Gasteiger partial charge on any atom is -0.350 e. The molecule has 0 aliphatic carbocycles. The van der Waals surface area contributed by atoms with Crippen molar-refractivity contribution in [2.24, 2.45) is 11.1 Å². The molecule has 1 rings (SSSR count). The van der Waals surface area contributed by atoms with Gasteiger partial charge in [0.05, 0.1) is 13.2 Å². The Morgan fingerprint density at radius 1 is 1.17 bits per heavy atom. The summed E-state index contributed by atoms with van der Waals surface area (Å²) >= 11 is 0. The molecule has 72 valence electrons. The summed E-state index contributed by atoms with van der Waals surface area (Å²) in [6.45, 7) is 8.34. The summed E-state index contributed by atoms with van der Waals surface area (Å²) in [6.07, 6.45) is 0.767. The fourth-order valence-corrected chi connectivity index (χ4v) is 1.19. The lowest BCUT2D eigenvalue weighted by molar-refractivity contribution is -0.290. The van der Waals surface area contributed by atoms with Crippen LogP contribution in [-0.4, -0.2) is 25.5 Å². The topological polar surface area (TPSA) is 44.5 Å². The number of hydrogen-bond acceptors (Lipinski definition) is 3. The highest BCUT2D eigenvalue weighted by Crippen LogP contribution is 2.30. The molecule has 0 saturated carbocycles. The second-order valence-corrected chi connectivity index (χ2v) is 4.41. The summed E-state index contributed by atoms with van der Waals surface area (Å²) in [5.74, 6) is -0.440. The maximum Gasteiger partial charge on any atom is 0.166 e. The third-order valence-corrected chi connectivity index (χ3v) is 2.13. The molecule has 0 aromatic carbocycles. The van der Waals surface area contributed by atoms with Crippen LogP contribution in [0.3, 0.4) is 0 Å². The molecule has 1 aliphatic rings. The summed E-state index contributed by atoms with van der Waals surface area (Å²) < 4.78 is 11.2. The van der Waals surface area contributed by atoms with Crippen molar-refractivity contribution in [3.05, 3.63) is 0 Å². The molecule has 0 radical (unpaired) electrons. The summed E-state index contributed by atoms with van der Waals surface area (Å²) in [4.78, 5) is 0. The van der Waals surface area contributed by atoms with Crippen molar-refractivity contribution >= 4 is 0 Å². The van der Waals surface area contributed by atoms with E-state index in [9.17, 15) is 0 Å². The zero-order valence-corrected chi connectivity index (χ0v) is 8.22. The molecule has 1 fully saturated rings. The first-order chi connectivity index (χ1) is 5.47. The van der Waals surface area contributed by atoms with Crippen molar-refractivity contribution in [3.63, 3.8) is 0 Å². The van der Waals surface area contributed by atoms with Crippen molar-refractivity contribution in [1.29, 1.82) is 0 Å². The molecule has 0 atom stereocenters. The summed E-state index contributed by atoms with van der Waals surface area (Å²) in [7, 11) is 0. The smallest absolute Gasteiger partial charge is 0.166 e. The van der Waals surface area contributed by atoms with E-state index >= 15 is 0 Å². The molecule has 0 aromatic rings. The first kappa shape index (κ1) is 9.96. The summed E-state index contributed by atoms with van der Waals surface area (Å²) in [6, 6.07) is 0. The van der Waals surface area contributed by atoms with Gasteiger partial charge in [0.2, 0.25) is 0 Å². The van der Waals surface area contributed by atoms with Gasteiger partial charge >= 0.3 is 0 Å². The monoisotopic (exact) mass is 173 g/mol. The van der Waals surface area contributed by atoms with Crippen LogP contribution in [0.2, 0.25) is 0 Å². The van der Waals surface area contributed by atoms with Gasteiger partial charge in [-0.05, 0) is 13.5 Å². The lowest BCUT2D eigenvalue weighted by Gasteiger charge is -2.41. The zero-order chi connectivity index (χ0) is 9.24. The minimum absolute atomic E-state index is 0.147. The van der Waals surface area contributed by atoms with Gasteiger partial charge in [-0.15, -0.1) is 0 Å². The summed E-state index contributed by atoms with van der Waals surface area (Å²) in [5.41, 5.74) is 5.60. The highest BCUT2D eigenvalue weighted by Gasteiger charge is 2.35. The lowest BCUT2D eigenvalue weighted by atomic mass is 9.94. The number of nitrogens with two attached hydrogens (primary N) is 1. The SMILES string of the molecule is CC1(C)COC(C)(CCN)OC1. The number of hydrogen-bond donors (Lipinski definition) is 1. The van der Waals surface area contributed by atoms with E-state index < -0.39 is 5.79 Å². The van der Waals surface area contributed by atoms with Gasteiger partial charge in [0.1, 0.15) is 0 Å². The van der Waals surface area contributed by atoms with E-state index in [0.717, 1.165) is 19.6 Å². The van der Waals surface area contributed by atoms with E-state index in [-0.39, 0.29) is 5.41 Å². The highest BCUT2D eigenvalue weighted by molar-refractivity contribution is 4.77. The standard InChI is InChI=1S/C9H19NO2/c1-8(2)6-11-9(3,4-5-10)12-7-8/h4-7,10H2,1-3H3. The van der Waals surface area contributed by atoms with Gasteiger partial charge in [-0.3, -0.25) is 0 Å². The Hall–Kier alpha value is -0.120. The van der Waals surface area contributed by atoms with Crippen LogP contribution in [0.4, 0.5) is 0 Å². The van der Waals surface area contributed by atoms with Crippen molar-refractivity contribution in [2.75, 3.05) is 19.8 Å². The van der Waals surface area contributed by atoms with Crippen LogP contribution in [-0.2, 0) is 9.47 Å². The van der Waals surface area contributed by atoms with Crippen LogP contribution in [0.5, 0.6) is 0 Å². The van der Waals surface area contributed by atoms with Crippen LogP contribution < -0.4 is 5.73 Å². The molecular formula is C9H19NO2. The predicted octanol–water partition coefficient (Wildman–Crippen LogP) is 1.12. The fraction of sp³-hybridized carbons (Fsp3) is 1.00. The average molecular weight is 173 g/mol. The normalized spacial score (nSPS) is 27.0. The second kappa shape index (κ2) is 3.32. The molecule has 1 saturated heterocycles. The van der Waals surface area contributed by atoms with Crippen LogP contribution in [0, 0.1) is 5.41 Å². The molecule has 0 bridgehead atoms. The molecule has 0 spiro atoms. The summed E-state index contributed by atoms with van der Waals surface area (Å²) in [5, 5.41) is 0. The van der Waals surface area contributed by atoms with E-state index in [1.54, 1.807) is 0 Å². The Morgan fingerprint density at radius 2 is 1.67 bits per heavy atom. The molecule has 12 heavy (non-hydrogen) atoms. The third kappa shape index (κ3) is 2.44. The molecule has 0 aromatic heterocycles. The molecule has 1 heterocycles. The number of ether oxygens (including phenoxy) is 2. The van der Waals surface area contributed by atoms with Crippen molar-refractivity contribution in [3.8, 4) is 0 Å². The lowest BCUT2D eigenvalue weighted by Crippen LogP contribution is -2.46. The Morgan fingerprint density at radius 3 is 2.08 bits per heavy atom. The predicted molar refractivity (Wildman–Crippen MR) is 47.8 cm³/mol. The molecule has 3 heteroatoms. The quantitative estimate of drug-likeness (QED) is 0.680. The third-order valence-electron chi connectivity index (χ3n) is 2.13. The van der Waals surface area contributed by atoms with Gasteiger partial charge in [0.25, 0.3) is 0 Å². The molecular weight excluding hydrogens is 154 g/mol. The zero-order valence-electron chi connectivity index (χ0n) is 8.22. The molecule has 0 unspecified atom stereocenters. The Labute approximate surface area is 74.2 Å². The van der Waals surface area contributed by atoms with Gasteiger partial charge in [-0.2, -0.15) is 0 Å². The van der Waals surface area contributed by atoms with Gasteiger partial charge in [-0.1, -0.05) is 13.8 Å². The Kier molecular flexibility index (Phi) is 2.76. The largest absolute Gasteiger partial charge is 0.350 e. The van der Waals surface area contributed by atoms with E-state index in [2.05, 4.69) is 13.8 Å². The van der Waals surface area contributed by atoms with Gasteiger partial charge in [-0.25, -0.2) is 0 Å². The first-order valence-electron chi connectivity index (χ1n) is 4.45. The molecule has 1 aliphatic heterocycles. The molecule has 3 nitrogen and oxygen atoms in total. The molecule has 2 N–H and O–H groups in total. The second-order valence-electron chi connectivity index (χ2n) is 4.41. The Bertz CT molecular complexity index is 147. The van der Waals surface area contributed by atoms with Gasteiger partial charge in [0.15, 0.2) is 5.79 Å². The first-order valence-corrected chi connectivity index (χ1v) is 4.45. The van der Waals surface area contributed by atoms with Crippen LogP contribution in [0.25, 0.3) is 0 Å². The van der Waals surface area contributed by atoms with Crippen LogP contribution in [0.1, 0.15) is 27.2 Å². The van der Waals surface area contributed by atoms with E-state index in [4.69, 9.17) is 15.2 Å². The average Bonchev–Trinajstić information content (AvgIpc) is 1.98. The van der Waals surface area contributed by atoms with Crippen LogP contribution in [0.15, 0.2) is 0 Å². The highest BCUT2D eigenvalue weighted by atomic mass is 16.7.